The van der Waals surface area contributed by atoms with Crippen LogP contribution in [0.5, 0.6) is 0 Å². The second-order valence-corrected chi connectivity index (χ2v) is 6.47. The zero-order chi connectivity index (χ0) is 17.8. The molecule has 7 heteroatoms. The average Bonchev–Trinajstić information content (AvgIpc) is 3.22. The summed E-state index contributed by atoms with van der Waals surface area (Å²) >= 11 is 0. The summed E-state index contributed by atoms with van der Waals surface area (Å²) in [5, 5.41) is 5.70. The maximum absolute atomic E-state index is 12.3. The Bertz CT molecular complexity index is 654. The molecule has 0 radical (unpaired) electrons. The number of para-hydroxylation sites is 1. The Balaban J connectivity index is 1.63. The third-order valence-electron chi connectivity index (χ3n) is 4.63. The SMILES string of the molecule is C[C@@H](NC(=O)Nc1ccccc1CN1C(=O)CCC1=O)[C@H]1CCCO1. The predicted molar refractivity (Wildman–Crippen MR) is 91.8 cm³/mol. The Kier molecular flexibility index (Phi) is 5.33. The topological polar surface area (TPSA) is 87.7 Å². The number of likely N-dealkylation sites (tertiary alicyclic amines) is 1. The molecule has 134 valence electrons. The lowest BCUT2D eigenvalue weighted by atomic mass is 10.1. The summed E-state index contributed by atoms with van der Waals surface area (Å²) in [5.74, 6) is -0.340. The predicted octanol–water partition coefficient (Wildman–Crippen LogP) is 2.02. The highest BCUT2D eigenvalue weighted by Crippen LogP contribution is 2.21. The number of carbonyl (C=O) groups is 3. The Morgan fingerprint density at radius 2 is 2.00 bits per heavy atom. The molecule has 0 bridgehead atoms. The van der Waals surface area contributed by atoms with Gasteiger partial charge in [0.2, 0.25) is 11.8 Å². The number of amides is 4. The normalized spacial score (nSPS) is 21.5. The minimum atomic E-state index is -0.325. The minimum absolute atomic E-state index is 0.0424. The van der Waals surface area contributed by atoms with Crippen molar-refractivity contribution in [3.05, 3.63) is 29.8 Å². The number of hydrogen-bond donors (Lipinski definition) is 2. The lowest BCUT2D eigenvalue weighted by Gasteiger charge is -2.21. The van der Waals surface area contributed by atoms with Gasteiger partial charge in [-0.1, -0.05) is 18.2 Å². The molecule has 0 aromatic heterocycles. The first-order valence-corrected chi connectivity index (χ1v) is 8.65. The molecule has 2 fully saturated rings. The molecular weight excluding hydrogens is 322 g/mol. The van der Waals surface area contributed by atoms with Crippen molar-refractivity contribution in [2.75, 3.05) is 11.9 Å². The van der Waals surface area contributed by atoms with E-state index in [9.17, 15) is 14.4 Å². The maximum Gasteiger partial charge on any atom is 0.319 e. The van der Waals surface area contributed by atoms with Crippen LogP contribution >= 0.6 is 0 Å². The van der Waals surface area contributed by atoms with Crippen molar-refractivity contribution in [1.29, 1.82) is 0 Å². The molecule has 1 aromatic carbocycles. The summed E-state index contributed by atoms with van der Waals surface area (Å²) in [5.41, 5.74) is 1.32. The van der Waals surface area contributed by atoms with E-state index in [1.165, 1.54) is 4.90 Å². The number of ether oxygens (including phenoxy) is 1. The van der Waals surface area contributed by atoms with Crippen LogP contribution in [0.1, 0.15) is 38.2 Å². The third kappa shape index (κ3) is 4.17. The van der Waals surface area contributed by atoms with Gasteiger partial charge >= 0.3 is 6.03 Å². The Morgan fingerprint density at radius 3 is 2.68 bits per heavy atom. The quantitative estimate of drug-likeness (QED) is 0.799. The van der Waals surface area contributed by atoms with Crippen molar-refractivity contribution in [3.63, 3.8) is 0 Å². The fourth-order valence-electron chi connectivity index (χ4n) is 3.20. The van der Waals surface area contributed by atoms with Crippen LogP contribution in [0.25, 0.3) is 0 Å². The van der Waals surface area contributed by atoms with Crippen LogP contribution in [0.2, 0.25) is 0 Å². The minimum Gasteiger partial charge on any atom is -0.376 e. The lowest BCUT2D eigenvalue weighted by molar-refractivity contribution is -0.139. The Labute approximate surface area is 146 Å². The molecule has 2 saturated heterocycles. The summed E-state index contributed by atoms with van der Waals surface area (Å²) in [6, 6.07) is 6.77. The van der Waals surface area contributed by atoms with Gasteiger partial charge in [0.05, 0.1) is 18.7 Å². The lowest BCUT2D eigenvalue weighted by Crippen LogP contribution is -2.43. The first kappa shape index (κ1) is 17.4. The van der Waals surface area contributed by atoms with Crippen molar-refractivity contribution < 1.29 is 19.1 Å². The average molecular weight is 345 g/mol. The summed E-state index contributed by atoms with van der Waals surface area (Å²) in [6.45, 7) is 2.83. The van der Waals surface area contributed by atoms with Crippen LogP contribution < -0.4 is 10.6 Å². The van der Waals surface area contributed by atoms with Crippen LogP contribution in [-0.4, -0.2) is 41.5 Å². The smallest absolute Gasteiger partial charge is 0.319 e. The van der Waals surface area contributed by atoms with Gasteiger partial charge in [0, 0.05) is 25.1 Å². The van der Waals surface area contributed by atoms with Crippen molar-refractivity contribution >= 4 is 23.5 Å². The van der Waals surface area contributed by atoms with Crippen molar-refractivity contribution in [2.45, 2.75) is 51.3 Å². The van der Waals surface area contributed by atoms with E-state index in [0.29, 0.717) is 5.69 Å². The Morgan fingerprint density at radius 1 is 1.28 bits per heavy atom. The molecule has 2 aliphatic heterocycles. The largest absolute Gasteiger partial charge is 0.376 e. The zero-order valence-electron chi connectivity index (χ0n) is 14.3. The molecule has 0 unspecified atom stereocenters. The van der Waals surface area contributed by atoms with Gasteiger partial charge in [-0.05, 0) is 31.4 Å². The highest BCUT2D eigenvalue weighted by atomic mass is 16.5. The summed E-state index contributed by atoms with van der Waals surface area (Å²) < 4.78 is 5.58. The van der Waals surface area contributed by atoms with Gasteiger partial charge in [0.25, 0.3) is 0 Å². The van der Waals surface area contributed by atoms with Gasteiger partial charge in [0.15, 0.2) is 0 Å². The molecule has 2 heterocycles. The number of imide groups is 1. The van der Waals surface area contributed by atoms with Crippen LogP contribution in [0, 0.1) is 0 Å². The van der Waals surface area contributed by atoms with Gasteiger partial charge in [-0.15, -0.1) is 0 Å². The van der Waals surface area contributed by atoms with E-state index in [-0.39, 0.29) is 49.4 Å². The van der Waals surface area contributed by atoms with Gasteiger partial charge in [-0.2, -0.15) is 0 Å². The van der Waals surface area contributed by atoms with E-state index in [0.717, 1.165) is 25.0 Å². The van der Waals surface area contributed by atoms with Gasteiger partial charge < -0.3 is 15.4 Å². The van der Waals surface area contributed by atoms with Crippen molar-refractivity contribution in [2.24, 2.45) is 0 Å². The number of hydrogen-bond acceptors (Lipinski definition) is 4. The number of nitrogens with zero attached hydrogens (tertiary/aromatic N) is 1. The fraction of sp³-hybridized carbons (Fsp3) is 0.500. The summed E-state index contributed by atoms with van der Waals surface area (Å²) in [4.78, 5) is 37.1. The summed E-state index contributed by atoms with van der Waals surface area (Å²) in [6.07, 6.45) is 2.51. The standard InChI is InChI=1S/C18H23N3O4/c1-12(15-7-4-10-25-15)19-18(24)20-14-6-3-2-5-13(14)11-21-16(22)8-9-17(21)23/h2-3,5-6,12,15H,4,7-11H2,1H3,(H2,19,20,24)/t12-,15-/m1/s1. The van der Waals surface area contributed by atoms with Gasteiger partial charge in [-0.25, -0.2) is 4.79 Å². The number of urea groups is 1. The molecule has 0 saturated carbocycles. The molecule has 0 spiro atoms. The third-order valence-corrected chi connectivity index (χ3v) is 4.63. The monoisotopic (exact) mass is 345 g/mol. The highest BCUT2D eigenvalue weighted by molar-refractivity contribution is 6.02. The van der Waals surface area contributed by atoms with Gasteiger partial charge in [-0.3, -0.25) is 14.5 Å². The van der Waals surface area contributed by atoms with E-state index < -0.39 is 0 Å². The Hall–Kier alpha value is -2.41. The summed E-state index contributed by atoms with van der Waals surface area (Å²) in [7, 11) is 0. The van der Waals surface area contributed by atoms with Crippen LogP contribution in [0.15, 0.2) is 24.3 Å². The second-order valence-electron chi connectivity index (χ2n) is 6.47. The van der Waals surface area contributed by atoms with Crippen LogP contribution in [0.4, 0.5) is 10.5 Å². The maximum atomic E-state index is 12.3. The first-order chi connectivity index (χ1) is 12.0. The molecule has 0 aliphatic carbocycles. The van der Waals surface area contributed by atoms with Crippen LogP contribution in [-0.2, 0) is 20.9 Å². The molecule has 3 rings (SSSR count). The van der Waals surface area contributed by atoms with Crippen molar-refractivity contribution in [1.82, 2.24) is 10.2 Å². The first-order valence-electron chi connectivity index (χ1n) is 8.65. The molecule has 1 aromatic rings. The zero-order valence-corrected chi connectivity index (χ0v) is 14.3. The molecule has 4 amide bonds. The van der Waals surface area contributed by atoms with E-state index in [4.69, 9.17) is 4.74 Å². The van der Waals surface area contributed by atoms with Crippen LogP contribution in [0.3, 0.4) is 0 Å². The molecule has 2 aliphatic rings. The van der Waals surface area contributed by atoms with E-state index in [2.05, 4.69) is 10.6 Å². The molecular formula is C18H23N3O4. The number of carbonyl (C=O) groups excluding carboxylic acids is 3. The molecule has 25 heavy (non-hydrogen) atoms. The number of nitrogens with one attached hydrogen (secondary N) is 2. The van der Waals surface area contributed by atoms with E-state index in [1.807, 2.05) is 13.0 Å². The number of benzene rings is 1. The molecule has 2 N–H and O–H groups in total. The number of rotatable bonds is 5. The van der Waals surface area contributed by atoms with E-state index in [1.54, 1.807) is 18.2 Å². The fourth-order valence-corrected chi connectivity index (χ4v) is 3.20. The molecule has 2 atom stereocenters. The van der Waals surface area contributed by atoms with Crippen molar-refractivity contribution in [3.8, 4) is 0 Å². The molecule has 7 nitrogen and oxygen atoms in total. The van der Waals surface area contributed by atoms with E-state index >= 15 is 0 Å². The second kappa shape index (κ2) is 7.65. The number of anilines is 1. The van der Waals surface area contributed by atoms with Gasteiger partial charge in [0.1, 0.15) is 0 Å². The highest BCUT2D eigenvalue weighted by Gasteiger charge is 2.29.